The topological polar surface area (TPSA) is 105 Å². The highest BCUT2D eigenvalue weighted by Gasteiger charge is 2.23. The molecule has 8 heteroatoms. The van der Waals surface area contributed by atoms with Crippen molar-refractivity contribution < 1.29 is 8.42 Å². The predicted octanol–water partition coefficient (Wildman–Crippen LogP) is 0.212. The van der Waals surface area contributed by atoms with Crippen LogP contribution in [0.3, 0.4) is 0 Å². The van der Waals surface area contributed by atoms with E-state index in [1.54, 1.807) is 0 Å². The Hall–Kier alpha value is -2.09. The molecule has 2 aromatic rings. The van der Waals surface area contributed by atoms with E-state index in [9.17, 15) is 8.42 Å². The van der Waals surface area contributed by atoms with Gasteiger partial charge in [0, 0.05) is 13.2 Å². The quantitative estimate of drug-likeness (QED) is 0.813. The predicted molar refractivity (Wildman–Crippen MR) is 62.8 cm³/mol. The Bertz CT molecular complexity index is 608. The van der Waals surface area contributed by atoms with Crippen molar-refractivity contribution in [2.45, 2.75) is 5.03 Å². The molecule has 0 aliphatic heterocycles. The summed E-state index contributed by atoms with van der Waals surface area (Å²) in [4.78, 5) is 10.0. The van der Waals surface area contributed by atoms with Gasteiger partial charge in [0.25, 0.3) is 10.0 Å². The maximum Gasteiger partial charge on any atom is 0.281 e. The number of nitrogens with zero attached hydrogens (tertiary/aromatic N) is 3. The van der Waals surface area contributed by atoms with Crippen LogP contribution >= 0.6 is 0 Å². The first-order chi connectivity index (χ1) is 8.03. The number of nitrogens with one attached hydrogen (secondary N) is 1. The highest BCUT2D eigenvalue weighted by atomic mass is 32.2. The van der Waals surface area contributed by atoms with Gasteiger partial charge in [-0.05, 0) is 6.07 Å². The van der Waals surface area contributed by atoms with Gasteiger partial charge in [-0.15, -0.1) is 0 Å². The molecule has 3 N–H and O–H groups in total. The van der Waals surface area contributed by atoms with Gasteiger partial charge in [-0.2, -0.15) is 8.42 Å². The van der Waals surface area contributed by atoms with Crippen LogP contribution in [0.5, 0.6) is 0 Å². The van der Waals surface area contributed by atoms with Crippen LogP contribution in [-0.4, -0.2) is 30.4 Å². The fraction of sp³-hybridized carbons (Fsp3) is 0.111. The minimum absolute atomic E-state index is 0.0104. The third kappa shape index (κ3) is 1.94. The van der Waals surface area contributed by atoms with Crippen molar-refractivity contribution in [1.29, 1.82) is 0 Å². The fourth-order valence-corrected chi connectivity index (χ4v) is 2.46. The third-order valence-corrected chi connectivity index (χ3v) is 3.98. The van der Waals surface area contributed by atoms with E-state index in [2.05, 4.69) is 15.0 Å². The molecular weight excluding hydrogens is 242 g/mol. The monoisotopic (exact) mass is 253 g/mol. The normalized spacial score (nSPS) is 11.4. The SMILES string of the molecule is CN(c1ccncc1N)S(=O)(=O)c1cnc[nH]1. The van der Waals surface area contributed by atoms with Crippen LogP contribution in [0, 0.1) is 0 Å². The second-order valence-electron chi connectivity index (χ2n) is 3.32. The molecule has 0 saturated heterocycles. The molecule has 0 radical (unpaired) electrons. The summed E-state index contributed by atoms with van der Waals surface area (Å²) in [7, 11) is -2.25. The Kier molecular flexibility index (Phi) is 2.72. The summed E-state index contributed by atoms with van der Waals surface area (Å²) >= 11 is 0. The van der Waals surface area contributed by atoms with Crippen molar-refractivity contribution in [3.63, 3.8) is 0 Å². The Morgan fingerprint density at radius 3 is 2.71 bits per heavy atom. The number of hydrogen-bond acceptors (Lipinski definition) is 5. The highest BCUT2D eigenvalue weighted by molar-refractivity contribution is 7.92. The summed E-state index contributed by atoms with van der Waals surface area (Å²) in [5.74, 6) is 0. The first-order valence-electron chi connectivity index (χ1n) is 4.70. The van der Waals surface area contributed by atoms with Crippen molar-refractivity contribution in [3.8, 4) is 0 Å². The van der Waals surface area contributed by atoms with E-state index < -0.39 is 10.0 Å². The molecule has 0 aliphatic rings. The number of aromatic nitrogens is 3. The van der Waals surface area contributed by atoms with Crippen molar-refractivity contribution in [2.75, 3.05) is 17.1 Å². The van der Waals surface area contributed by atoms with Gasteiger partial charge in [-0.25, -0.2) is 4.98 Å². The molecule has 17 heavy (non-hydrogen) atoms. The van der Waals surface area contributed by atoms with Crippen LogP contribution in [0.2, 0.25) is 0 Å². The molecule has 0 fully saturated rings. The number of hydrogen-bond donors (Lipinski definition) is 2. The summed E-state index contributed by atoms with van der Waals surface area (Å²) in [5, 5.41) is 0.0104. The lowest BCUT2D eigenvalue weighted by Crippen LogP contribution is -2.27. The summed E-state index contributed by atoms with van der Waals surface area (Å²) in [6, 6.07) is 1.53. The number of aromatic amines is 1. The van der Waals surface area contributed by atoms with E-state index in [1.165, 1.54) is 38.0 Å². The van der Waals surface area contributed by atoms with Crippen molar-refractivity contribution in [2.24, 2.45) is 0 Å². The maximum absolute atomic E-state index is 12.1. The van der Waals surface area contributed by atoms with Crippen molar-refractivity contribution >= 4 is 21.4 Å². The number of sulfonamides is 1. The number of nitrogens with two attached hydrogens (primary N) is 1. The zero-order chi connectivity index (χ0) is 12.5. The Morgan fingerprint density at radius 2 is 2.12 bits per heavy atom. The molecule has 2 rings (SSSR count). The van der Waals surface area contributed by atoms with Gasteiger partial charge in [-0.3, -0.25) is 9.29 Å². The van der Waals surface area contributed by atoms with E-state index in [4.69, 9.17) is 5.73 Å². The van der Waals surface area contributed by atoms with E-state index in [-0.39, 0.29) is 10.7 Å². The van der Waals surface area contributed by atoms with Crippen LogP contribution in [0.4, 0.5) is 11.4 Å². The van der Waals surface area contributed by atoms with E-state index in [1.807, 2.05) is 0 Å². The van der Waals surface area contributed by atoms with Gasteiger partial charge >= 0.3 is 0 Å². The Balaban J connectivity index is 2.46. The maximum atomic E-state index is 12.1. The van der Waals surface area contributed by atoms with Gasteiger partial charge in [0.05, 0.1) is 30.1 Å². The van der Waals surface area contributed by atoms with Gasteiger partial charge in [0.1, 0.15) is 0 Å². The molecule has 0 aromatic carbocycles. The van der Waals surface area contributed by atoms with Crippen LogP contribution in [0.1, 0.15) is 0 Å². The minimum Gasteiger partial charge on any atom is -0.396 e. The molecule has 7 nitrogen and oxygen atoms in total. The lowest BCUT2D eigenvalue weighted by Gasteiger charge is -2.19. The molecule has 2 heterocycles. The molecule has 2 aromatic heterocycles. The largest absolute Gasteiger partial charge is 0.396 e. The molecular formula is C9H11N5O2S. The van der Waals surface area contributed by atoms with Gasteiger partial charge in [-0.1, -0.05) is 0 Å². The number of rotatable bonds is 3. The molecule has 0 aliphatic carbocycles. The average molecular weight is 253 g/mol. The second-order valence-corrected chi connectivity index (χ2v) is 5.26. The number of H-pyrrole nitrogens is 1. The van der Waals surface area contributed by atoms with Crippen LogP contribution in [0.15, 0.2) is 36.0 Å². The Morgan fingerprint density at radius 1 is 1.35 bits per heavy atom. The zero-order valence-electron chi connectivity index (χ0n) is 9.03. The first kappa shape index (κ1) is 11.4. The summed E-state index contributed by atoms with van der Waals surface area (Å²) < 4.78 is 25.3. The summed E-state index contributed by atoms with van der Waals surface area (Å²) in [6.45, 7) is 0. The number of pyridine rings is 1. The van der Waals surface area contributed by atoms with Gasteiger partial charge < -0.3 is 10.7 Å². The molecule has 0 saturated carbocycles. The molecule has 90 valence electrons. The van der Waals surface area contributed by atoms with E-state index in [0.717, 1.165) is 4.31 Å². The zero-order valence-corrected chi connectivity index (χ0v) is 9.85. The molecule has 0 spiro atoms. The fourth-order valence-electron chi connectivity index (χ4n) is 1.35. The smallest absolute Gasteiger partial charge is 0.281 e. The van der Waals surface area contributed by atoms with Gasteiger partial charge in [0.15, 0.2) is 5.03 Å². The number of imidazole rings is 1. The van der Waals surface area contributed by atoms with E-state index in [0.29, 0.717) is 5.69 Å². The first-order valence-corrected chi connectivity index (χ1v) is 6.14. The number of anilines is 2. The molecule has 0 bridgehead atoms. The number of nitrogen functional groups attached to an aromatic ring is 1. The summed E-state index contributed by atoms with van der Waals surface area (Å²) in [6.07, 6.45) is 5.42. The standard InChI is InChI=1S/C9H11N5O2S/c1-14(8-2-3-11-4-7(8)10)17(15,16)9-5-12-6-13-9/h2-6H,10H2,1H3,(H,12,13). The third-order valence-electron chi connectivity index (χ3n) is 2.28. The highest BCUT2D eigenvalue weighted by Crippen LogP contribution is 2.25. The molecule has 0 atom stereocenters. The van der Waals surface area contributed by atoms with Gasteiger partial charge in [0.2, 0.25) is 0 Å². The second kappa shape index (κ2) is 4.06. The Labute approximate surface area is 98.4 Å². The lowest BCUT2D eigenvalue weighted by atomic mass is 10.3. The summed E-state index contributed by atoms with van der Waals surface area (Å²) in [5.41, 5.74) is 6.34. The molecule has 0 amide bonds. The van der Waals surface area contributed by atoms with Crippen molar-refractivity contribution in [3.05, 3.63) is 31.0 Å². The van der Waals surface area contributed by atoms with E-state index >= 15 is 0 Å². The van der Waals surface area contributed by atoms with Crippen LogP contribution in [-0.2, 0) is 10.0 Å². The molecule has 0 unspecified atom stereocenters. The lowest BCUT2D eigenvalue weighted by molar-refractivity contribution is 0.591. The van der Waals surface area contributed by atoms with Crippen LogP contribution in [0.25, 0.3) is 0 Å². The minimum atomic E-state index is -3.66. The average Bonchev–Trinajstić information content (AvgIpc) is 2.83. The van der Waals surface area contributed by atoms with Crippen molar-refractivity contribution in [1.82, 2.24) is 15.0 Å². The van der Waals surface area contributed by atoms with Crippen LogP contribution < -0.4 is 10.0 Å².